The molecule has 0 spiro atoms. The summed E-state index contributed by atoms with van der Waals surface area (Å²) < 4.78 is 0. The van der Waals surface area contributed by atoms with E-state index in [1.807, 2.05) is 0 Å². The summed E-state index contributed by atoms with van der Waals surface area (Å²) in [6, 6.07) is 0. The van der Waals surface area contributed by atoms with E-state index >= 15 is 0 Å². The summed E-state index contributed by atoms with van der Waals surface area (Å²) in [5, 5.41) is 6.66. The fourth-order valence-corrected chi connectivity index (χ4v) is 3.19. The Labute approximate surface area is 113 Å². The van der Waals surface area contributed by atoms with Crippen LogP contribution in [0.3, 0.4) is 0 Å². The van der Waals surface area contributed by atoms with Gasteiger partial charge in [0.25, 0.3) is 0 Å². The third kappa shape index (κ3) is 4.37. The molecule has 2 heterocycles. The lowest BCUT2D eigenvalue weighted by Crippen LogP contribution is -2.19. The van der Waals surface area contributed by atoms with Gasteiger partial charge in [-0.15, -0.1) is 0 Å². The van der Waals surface area contributed by atoms with Crippen molar-refractivity contribution in [2.75, 3.05) is 35.2 Å². The summed E-state index contributed by atoms with van der Waals surface area (Å²) in [5.74, 6) is 5.14. The van der Waals surface area contributed by atoms with Crippen molar-refractivity contribution in [2.24, 2.45) is 5.92 Å². The predicted octanol–water partition coefficient (Wildman–Crippen LogP) is 2.85. The Morgan fingerprint density at radius 2 is 1.94 bits per heavy atom. The average Bonchev–Trinajstić information content (AvgIpc) is 2.44. The van der Waals surface area contributed by atoms with Crippen LogP contribution in [0.2, 0.25) is 0 Å². The second-order valence-electron chi connectivity index (χ2n) is 4.65. The summed E-state index contributed by atoms with van der Waals surface area (Å²) in [4.78, 5) is 8.71. The molecule has 1 aromatic heterocycles. The minimum atomic E-state index is 0.792. The van der Waals surface area contributed by atoms with Crippen molar-refractivity contribution in [3.8, 4) is 0 Å². The molecule has 100 valence electrons. The normalized spacial score (nSPS) is 16.5. The molecule has 0 unspecified atom stereocenters. The highest BCUT2D eigenvalue weighted by Crippen LogP contribution is 2.22. The van der Waals surface area contributed by atoms with Crippen LogP contribution in [-0.2, 0) is 0 Å². The summed E-state index contributed by atoms with van der Waals surface area (Å²) >= 11 is 2.07. The van der Waals surface area contributed by atoms with Crippen LogP contribution in [0.15, 0.2) is 12.4 Å². The Bertz CT molecular complexity index is 353. The van der Waals surface area contributed by atoms with E-state index in [2.05, 4.69) is 39.3 Å². The number of hydrogen-bond donors (Lipinski definition) is 2. The molecule has 0 atom stereocenters. The number of aromatic nitrogens is 2. The molecule has 0 aromatic carbocycles. The number of hydrogen-bond acceptors (Lipinski definition) is 5. The lowest BCUT2D eigenvalue weighted by molar-refractivity contribution is 0.515. The van der Waals surface area contributed by atoms with Crippen molar-refractivity contribution in [3.05, 3.63) is 12.4 Å². The van der Waals surface area contributed by atoms with Crippen LogP contribution in [0, 0.1) is 5.92 Å². The molecule has 4 nitrogen and oxygen atoms in total. The number of rotatable bonds is 6. The molecule has 2 rings (SSSR count). The molecule has 2 N–H and O–H groups in total. The van der Waals surface area contributed by atoms with Crippen LogP contribution in [-0.4, -0.2) is 34.6 Å². The van der Waals surface area contributed by atoms with Gasteiger partial charge in [0.2, 0.25) is 0 Å². The van der Waals surface area contributed by atoms with Gasteiger partial charge in [-0.1, -0.05) is 6.92 Å². The van der Waals surface area contributed by atoms with Crippen molar-refractivity contribution in [2.45, 2.75) is 26.2 Å². The molecule has 18 heavy (non-hydrogen) atoms. The van der Waals surface area contributed by atoms with Crippen molar-refractivity contribution in [1.29, 1.82) is 0 Å². The maximum atomic E-state index is 4.50. The van der Waals surface area contributed by atoms with Crippen molar-refractivity contribution < 1.29 is 0 Å². The zero-order valence-electron chi connectivity index (χ0n) is 11.0. The van der Waals surface area contributed by atoms with E-state index < -0.39 is 0 Å². The van der Waals surface area contributed by atoms with Gasteiger partial charge in [0.1, 0.15) is 11.6 Å². The minimum absolute atomic E-state index is 0.792. The Balaban J connectivity index is 1.80. The standard InChI is InChI=1S/C13H22N4S/c1-2-5-15-12-9-14-10-13(17-12)16-8-11-3-6-18-7-4-11/h9-11H,2-8H2,1H3,(H2,15,16,17). The third-order valence-electron chi connectivity index (χ3n) is 3.10. The van der Waals surface area contributed by atoms with Crippen LogP contribution >= 0.6 is 11.8 Å². The van der Waals surface area contributed by atoms with Gasteiger partial charge < -0.3 is 10.6 Å². The molecule has 0 radical (unpaired) electrons. The van der Waals surface area contributed by atoms with Crippen LogP contribution < -0.4 is 10.6 Å². The first-order valence-corrected chi connectivity index (χ1v) is 7.91. The highest BCUT2D eigenvalue weighted by atomic mass is 32.2. The van der Waals surface area contributed by atoms with Crippen LogP contribution in [0.1, 0.15) is 26.2 Å². The van der Waals surface area contributed by atoms with E-state index in [1.165, 1.54) is 24.3 Å². The van der Waals surface area contributed by atoms with E-state index in [4.69, 9.17) is 0 Å². The Kier molecular flexibility index (Phi) is 5.58. The molecule has 1 aromatic rings. The molecule has 5 heteroatoms. The zero-order valence-corrected chi connectivity index (χ0v) is 11.8. The van der Waals surface area contributed by atoms with E-state index in [0.29, 0.717) is 0 Å². The molecule has 1 aliphatic heterocycles. The predicted molar refractivity (Wildman–Crippen MR) is 79.4 cm³/mol. The topological polar surface area (TPSA) is 49.8 Å². The molecule has 0 amide bonds. The fourth-order valence-electron chi connectivity index (χ4n) is 1.99. The van der Waals surface area contributed by atoms with Crippen LogP contribution in [0.4, 0.5) is 11.6 Å². The molecular weight excluding hydrogens is 244 g/mol. The SMILES string of the molecule is CCCNc1cncc(NCC2CCSCC2)n1. The van der Waals surface area contributed by atoms with Crippen LogP contribution in [0.5, 0.6) is 0 Å². The maximum Gasteiger partial charge on any atom is 0.146 e. The quantitative estimate of drug-likeness (QED) is 0.829. The first-order valence-electron chi connectivity index (χ1n) is 6.76. The summed E-state index contributed by atoms with van der Waals surface area (Å²) in [6.07, 6.45) is 7.31. The van der Waals surface area contributed by atoms with E-state index in [1.54, 1.807) is 12.4 Å². The van der Waals surface area contributed by atoms with Crippen molar-refractivity contribution in [1.82, 2.24) is 9.97 Å². The van der Waals surface area contributed by atoms with Gasteiger partial charge >= 0.3 is 0 Å². The number of nitrogens with zero attached hydrogens (tertiary/aromatic N) is 2. The third-order valence-corrected chi connectivity index (χ3v) is 4.15. The largest absolute Gasteiger partial charge is 0.369 e. The first kappa shape index (κ1) is 13.5. The minimum Gasteiger partial charge on any atom is -0.369 e. The molecule has 0 aliphatic carbocycles. The molecule has 0 saturated carbocycles. The highest BCUT2D eigenvalue weighted by Gasteiger charge is 2.13. The smallest absolute Gasteiger partial charge is 0.146 e. The zero-order chi connectivity index (χ0) is 12.6. The summed E-state index contributed by atoms with van der Waals surface area (Å²) in [6.45, 7) is 4.11. The van der Waals surface area contributed by atoms with Crippen molar-refractivity contribution >= 4 is 23.4 Å². The Hall–Kier alpha value is -0.970. The molecule has 1 aliphatic rings. The molecule has 1 fully saturated rings. The summed E-state index contributed by atoms with van der Waals surface area (Å²) in [7, 11) is 0. The molecule has 1 saturated heterocycles. The number of thioether (sulfide) groups is 1. The summed E-state index contributed by atoms with van der Waals surface area (Å²) in [5.41, 5.74) is 0. The number of anilines is 2. The second-order valence-corrected chi connectivity index (χ2v) is 5.88. The van der Waals surface area contributed by atoms with Gasteiger partial charge in [-0.3, -0.25) is 4.98 Å². The lowest BCUT2D eigenvalue weighted by atomic mass is 10.0. The van der Waals surface area contributed by atoms with Gasteiger partial charge in [0.05, 0.1) is 12.4 Å². The van der Waals surface area contributed by atoms with Gasteiger partial charge in [-0.25, -0.2) is 4.98 Å². The maximum absolute atomic E-state index is 4.50. The van der Waals surface area contributed by atoms with E-state index in [-0.39, 0.29) is 0 Å². The second kappa shape index (κ2) is 7.46. The average molecular weight is 266 g/mol. The van der Waals surface area contributed by atoms with E-state index in [0.717, 1.165) is 37.1 Å². The van der Waals surface area contributed by atoms with Crippen molar-refractivity contribution in [3.63, 3.8) is 0 Å². The van der Waals surface area contributed by atoms with E-state index in [9.17, 15) is 0 Å². The first-order chi connectivity index (χ1) is 8.88. The lowest BCUT2D eigenvalue weighted by Gasteiger charge is -2.21. The van der Waals surface area contributed by atoms with Gasteiger partial charge in [-0.2, -0.15) is 11.8 Å². The molecular formula is C13H22N4S. The monoisotopic (exact) mass is 266 g/mol. The van der Waals surface area contributed by atoms with Gasteiger partial charge in [0, 0.05) is 13.1 Å². The Morgan fingerprint density at radius 3 is 2.67 bits per heavy atom. The van der Waals surface area contributed by atoms with Crippen LogP contribution in [0.25, 0.3) is 0 Å². The molecule has 0 bridgehead atoms. The van der Waals surface area contributed by atoms with Gasteiger partial charge in [-0.05, 0) is 36.7 Å². The van der Waals surface area contributed by atoms with Gasteiger partial charge in [0.15, 0.2) is 0 Å². The highest BCUT2D eigenvalue weighted by molar-refractivity contribution is 7.99. The fraction of sp³-hybridized carbons (Fsp3) is 0.692. The Morgan fingerprint density at radius 1 is 1.22 bits per heavy atom. The number of nitrogens with one attached hydrogen (secondary N) is 2.